The number of nitrogens with one attached hydrogen (secondary N) is 1. The molecule has 148 valence electrons. The molecule has 2 saturated heterocycles. The topological polar surface area (TPSA) is 103 Å². The summed E-state index contributed by atoms with van der Waals surface area (Å²) in [4.78, 5) is 45.3. The Morgan fingerprint density at radius 1 is 1.21 bits per heavy atom. The number of carbonyl (C=O) groups excluding carboxylic acids is 3. The number of hydrogen-bond acceptors (Lipinski definition) is 4. The number of aromatic amines is 1. The van der Waals surface area contributed by atoms with Gasteiger partial charge in [-0.3, -0.25) is 19.4 Å². The number of piperidine rings is 1. The van der Waals surface area contributed by atoms with Gasteiger partial charge < -0.3 is 15.6 Å². The van der Waals surface area contributed by atoms with Gasteiger partial charge >= 0.3 is 6.03 Å². The van der Waals surface area contributed by atoms with Crippen molar-refractivity contribution in [2.24, 2.45) is 5.73 Å². The number of aromatic nitrogens is 1. The maximum absolute atomic E-state index is 13.0. The average molecular weight is 383 g/mol. The first-order valence-electron chi connectivity index (χ1n) is 9.65. The van der Waals surface area contributed by atoms with Crippen LogP contribution in [0.2, 0.25) is 0 Å². The van der Waals surface area contributed by atoms with Crippen molar-refractivity contribution in [1.82, 2.24) is 19.7 Å². The lowest BCUT2D eigenvalue weighted by Gasteiger charge is -2.41. The van der Waals surface area contributed by atoms with Crippen LogP contribution >= 0.6 is 0 Å². The molecule has 4 rings (SSSR count). The van der Waals surface area contributed by atoms with Gasteiger partial charge in [0.15, 0.2) is 0 Å². The molecule has 1 spiro atoms. The van der Waals surface area contributed by atoms with Gasteiger partial charge in [-0.25, -0.2) is 4.79 Å². The van der Waals surface area contributed by atoms with Crippen LogP contribution in [0.4, 0.5) is 4.79 Å². The number of benzene rings is 1. The van der Waals surface area contributed by atoms with Crippen molar-refractivity contribution in [1.29, 1.82) is 0 Å². The molecule has 0 atom stereocenters. The molecular formula is C20H25N5O3. The van der Waals surface area contributed by atoms with E-state index in [1.807, 2.05) is 19.1 Å². The molecule has 0 aliphatic carbocycles. The van der Waals surface area contributed by atoms with E-state index in [2.05, 4.69) is 28.1 Å². The second kappa shape index (κ2) is 6.94. The number of carbonyl (C=O) groups is 3. The van der Waals surface area contributed by atoms with Gasteiger partial charge in [-0.05, 0) is 37.3 Å². The number of urea groups is 1. The zero-order valence-corrected chi connectivity index (χ0v) is 16.0. The summed E-state index contributed by atoms with van der Waals surface area (Å²) < 4.78 is 0. The number of imide groups is 1. The SMILES string of the molecule is CCN1C(=O)N(CC(N)=O)C(=O)C12CCN(Cc1cc3ccccc3[nH]1)CC2. The van der Waals surface area contributed by atoms with Crippen molar-refractivity contribution in [3.8, 4) is 0 Å². The van der Waals surface area contributed by atoms with Gasteiger partial charge in [0.25, 0.3) is 5.91 Å². The Bertz CT molecular complexity index is 896. The third-order valence-corrected chi connectivity index (χ3v) is 5.91. The predicted octanol–water partition coefficient (Wildman–Crippen LogP) is 1.27. The highest BCUT2D eigenvalue weighted by atomic mass is 16.2. The van der Waals surface area contributed by atoms with Gasteiger partial charge in [-0.15, -0.1) is 0 Å². The summed E-state index contributed by atoms with van der Waals surface area (Å²) >= 11 is 0. The number of rotatable bonds is 5. The van der Waals surface area contributed by atoms with Crippen molar-refractivity contribution in [2.75, 3.05) is 26.2 Å². The molecule has 2 aliphatic heterocycles. The fraction of sp³-hybridized carbons (Fsp3) is 0.450. The Morgan fingerprint density at radius 2 is 1.93 bits per heavy atom. The average Bonchev–Trinajstić information content (AvgIpc) is 3.16. The molecule has 8 nitrogen and oxygen atoms in total. The molecule has 28 heavy (non-hydrogen) atoms. The number of primary amides is 1. The third kappa shape index (κ3) is 2.93. The van der Waals surface area contributed by atoms with Gasteiger partial charge in [-0.2, -0.15) is 0 Å². The van der Waals surface area contributed by atoms with Crippen LogP contribution in [0.3, 0.4) is 0 Å². The molecule has 0 saturated carbocycles. The molecule has 8 heteroatoms. The maximum Gasteiger partial charge on any atom is 0.328 e. The van der Waals surface area contributed by atoms with E-state index in [9.17, 15) is 14.4 Å². The Labute approximate surface area is 163 Å². The lowest BCUT2D eigenvalue weighted by Crippen LogP contribution is -2.56. The summed E-state index contributed by atoms with van der Waals surface area (Å²) in [7, 11) is 0. The quantitative estimate of drug-likeness (QED) is 0.759. The molecule has 4 amide bonds. The summed E-state index contributed by atoms with van der Waals surface area (Å²) in [5.74, 6) is -0.963. The number of para-hydroxylation sites is 1. The van der Waals surface area contributed by atoms with Crippen molar-refractivity contribution >= 4 is 28.7 Å². The predicted molar refractivity (Wildman–Crippen MR) is 104 cm³/mol. The Kier molecular flexibility index (Phi) is 4.58. The Morgan fingerprint density at radius 3 is 2.57 bits per heavy atom. The zero-order chi connectivity index (χ0) is 19.9. The minimum absolute atomic E-state index is 0.289. The standard InChI is InChI=1S/C20H25N5O3/c1-2-25-19(28)24(13-17(21)26)18(27)20(25)7-9-23(10-8-20)12-15-11-14-5-3-4-6-16(14)22-15/h3-6,11,22H,2,7-10,12-13H2,1H3,(H2,21,26). The smallest absolute Gasteiger partial charge is 0.328 e. The molecule has 2 aromatic rings. The molecule has 0 radical (unpaired) electrons. The zero-order valence-electron chi connectivity index (χ0n) is 16.0. The number of nitrogens with zero attached hydrogens (tertiary/aromatic N) is 3. The van der Waals surface area contributed by atoms with Crippen molar-refractivity contribution < 1.29 is 14.4 Å². The first kappa shape index (κ1) is 18.5. The number of fused-ring (bicyclic) bond motifs is 1. The molecule has 3 heterocycles. The number of likely N-dealkylation sites (N-methyl/N-ethyl adjacent to an activating group) is 1. The number of hydrogen-bond donors (Lipinski definition) is 2. The van der Waals surface area contributed by atoms with Crippen LogP contribution in [-0.4, -0.2) is 69.2 Å². The van der Waals surface area contributed by atoms with Crippen LogP contribution in [0.25, 0.3) is 10.9 Å². The number of H-pyrrole nitrogens is 1. The van der Waals surface area contributed by atoms with Crippen LogP contribution < -0.4 is 5.73 Å². The monoisotopic (exact) mass is 383 g/mol. The van der Waals surface area contributed by atoms with Gasteiger partial charge in [0.05, 0.1) is 0 Å². The van der Waals surface area contributed by atoms with Gasteiger partial charge in [0.1, 0.15) is 12.1 Å². The molecule has 2 aliphatic rings. The fourth-order valence-corrected chi connectivity index (χ4v) is 4.54. The van der Waals surface area contributed by atoms with Crippen LogP contribution in [0.5, 0.6) is 0 Å². The molecule has 3 N–H and O–H groups in total. The van der Waals surface area contributed by atoms with E-state index in [0.717, 1.165) is 22.7 Å². The highest BCUT2D eigenvalue weighted by molar-refractivity contribution is 6.09. The van der Waals surface area contributed by atoms with E-state index in [4.69, 9.17) is 5.73 Å². The summed E-state index contributed by atoms with van der Waals surface area (Å²) in [6.07, 6.45) is 1.11. The summed E-state index contributed by atoms with van der Waals surface area (Å²) in [5.41, 5.74) is 6.62. The van der Waals surface area contributed by atoms with Crippen LogP contribution in [0.15, 0.2) is 30.3 Å². The second-order valence-corrected chi connectivity index (χ2v) is 7.57. The fourth-order valence-electron chi connectivity index (χ4n) is 4.54. The Balaban J connectivity index is 1.47. The lowest BCUT2D eigenvalue weighted by atomic mass is 9.85. The molecule has 2 fully saturated rings. The van der Waals surface area contributed by atoms with Gasteiger partial charge in [-0.1, -0.05) is 18.2 Å². The van der Waals surface area contributed by atoms with Crippen molar-refractivity contribution in [3.05, 3.63) is 36.0 Å². The minimum Gasteiger partial charge on any atom is -0.368 e. The summed E-state index contributed by atoms with van der Waals surface area (Å²) in [6, 6.07) is 9.90. The van der Waals surface area contributed by atoms with Crippen LogP contribution in [0, 0.1) is 0 Å². The summed E-state index contributed by atoms with van der Waals surface area (Å²) in [6.45, 7) is 4.11. The van der Waals surface area contributed by atoms with Gasteiger partial charge in [0.2, 0.25) is 5.91 Å². The van der Waals surface area contributed by atoms with Crippen LogP contribution in [0.1, 0.15) is 25.5 Å². The number of likely N-dealkylation sites (tertiary alicyclic amines) is 1. The van der Waals surface area contributed by atoms with E-state index in [1.165, 1.54) is 5.39 Å². The number of amides is 4. The highest BCUT2D eigenvalue weighted by Gasteiger charge is 2.57. The van der Waals surface area contributed by atoms with Gasteiger partial charge in [0, 0.05) is 37.4 Å². The van der Waals surface area contributed by atoms with Crippen LogP contribution in [-0.2, 0) is 16.1 Å². The molecular weight excluding hydrogens is 358 g/mol. The summed E-state index contributed by atoms with van der Waals surface area (Å²) in [5, 5.41) is 1.18. The van der Waals surface area contributed by atoms with E-state index in [-0.39, 0.29) is 12.5 Å². The van der Waals surface area contributed by atoms with Crippen molar-refractivity contribution in [2.45, 2.75) is 31.8 Å². The highest BCUT2D eigenvalue weighted by Crippen LogP contribution is 2.37. The third-order valence-electron chi connectivity index (χ3n) is 5.91. The molecule has 1 aromatic carbocycles. The molecule has 0 bridgehead atoms. The molecule has 0 unspecified atom stereocenters. The molecule has 1 aromatic heterocycles. The first-order chi connectivity index (χ1) is 13.4. The van der Waals surface area contributed by atoms with E-state index in [0.29, 0.717) is 32.5 Å². The minimum atomic E-state index is -0.849. The second-order valence-electron chi connectivity index (χ2n) is 7.57. The van der Waals surface area contributed by atoms with E-state index in [1.54, 1.807) is 4.90 Å². The first-order valence-corrected chi connectivity index (χ1v) is 9.65. The van der Waals surface area contributed by atoms with E-state index >= 15 is 0 Å². The Hall–Kier alpha value is -2.87. The lowest BCUT2D eigenvalue weighted by molar-refractivity contribution is -0.137. The maximum atomic E-state index is 13.0. The van der Waals surface area contributed by atoms with E-state index < -0.39 is 17.5 Å². The van der Waals surface area contributed by atoms with Crippen molar-refractivity contribution in [3.63, 3.8) is 0 Å². The normalized spacial score (nSPS) is 19.9. The largest absolute Gasteiger partial charge is 0.368 e. The number of nitrogens with two attached hydrogens (primary N) is 1.